The molecule has 4 amide bonds. The summed E-state index contributed by atoms with van der Waals surface area (Å²) in [5.74, 6) is -0.193. The molecule has 0 bridgehead atoms. The van der Waals surface area contributed by atoms with Crippen LogP contribution in [0.25, 0.3) is 0 Å². The molecule has 12 heteroatoms. The average molecular weight is 688 g/mol. The summed E-state index contributed by atoms with van der Waals surface area (Å²) in [7, 11) is 0. The van der Waals surface area contributed by atoms with Gasteiger partial charge in [0.05, 0.1) is 0 Å². The number of rotatable bonds is 6. The number of benzene rings is 2. The fourth-order valence-corrected chi connectivity index (χ4v) is 7.72. The Balaban J connectivity index is 0.00000433. The first-order valence-electron chi connectivity index (χ1n) is 16.6. The van der Waals surface area contributed by atoms with E-state index >= 15 is 0 Å². The van der Waals surface area contributed by atoms with Crippen LogP contribution >= 0.6 is 23.2 Å². The number of hydrogen-bond donors (Lipinski definition) is 2. The van der Waals surface area contributed by atoms with Crippen molar-refractivity contribution in [1.82, 2.24) is 24.9 Å². The number of carbonyl (C=O) groups excluding carboxylic acids is 3. The fourth-order valence-electron chi connectivity index (χ4n) is 7.19. The van der Waals surface area contributed by atoms with E-state index in [9.17, 15) is 14.4 Å². The molecule has 0 radical (unpaired) electrons. The minimum absolute atomic E-state index is 0. The highest BCUT2D eigenvalue weighted by Gasteiger charge is 2.36. The van der Waals surface area contributed by atoms with Gasteiger partial charge in [-0.15, -0.1) is 0 Å². The van der Waals surface area contributed by atoms with E-state index in [0.717, 1.165) is 67.8 Å². The van der Waals surface area contributed by atoms with Crippen LogP contribution in [0.1, 0.15) is 49.8 Å². The van der Waals surface area contributed by atoms with Crippen LogP contribution in [0.5, 0.6) is 0 Å². The van der Waals surface area contributed by atoms with Gasteiger partial charge in [0, 0.05) is 80.1 Å². The lowest BCUT2D eigenvalue weighted by molar-refractivity contribution is -0.143. The van der Waals surface area contributed by atoms with Gasteiger partial charge in [0.2, 0.25) is 0 Å². The number of piperidine rings is 2. The molecule has 4 aliphatic rings. The number of para-hydroxylation sites is 1. The highest BCUT2D eigenvalue weighted by atomic mass is 35.5. The summed E-state index contributed by atoms with van der Waals surface area (Å²) in [5.41, 5.74) is 3.49. The Morgan fingerprint density at radius 2 is 1.55 bits per heavy atom. The standard InChI is InChI=1S/C34H44Cl2N6O4.CH4/c1-23-28(35)20-24(21-29(23)36)22-31(32(43)40-18-16-39(17-19-40)26-6-11-37-12-7-26)46-34(45)41-13-9-27(10-14-41)42-15-8-25-4-2-3-5-30(25)38-33(42)44;/h2-5,20-21,26-27,31,37H,6-19,22H2,1H3,(H,38,44);1H4/t31-;/m1./s1. The molecular weight excluding hydrogens is 639 g/mol. The second-order valence-electron chi connectivity index (χ2n) is 12.9. The zero-order valence-electron chi connectivity index (χ0n) is 26.5. The van der Waals surface area contributed by atoms with Crippen molar-refractivity contribution in [3.05, 3.63) is 63.1 Å². The zero-order valence-corrected chi connectivity index (χ0v) is 28.0. The van der Waals surface area contributed by atoms with Gasteiger partial charge in [0.25, 0.3) is 5.91 Å². The van der Waals surface area contributed by atoms with Crippen molar-refractivity contribution in [2.45, 2.75) is 71.1 Å². The highest BCUT2D eigenvalue weighted by molar-refractivity contribution is 6.36. The topological polar surface area (TPSA) is 97.5 Å². The van der Waals surface area contributed by atoms with Crippen molar-refractivity contribution in [2.75, 3.05) is 64.2 Å². The van der Waals surface area contributed by atoms with Crippen molar-refractivity contribution in [3.63, 3.8) is 0 Å². The Kier molecular flexibility index (Phi) is 11.9. The molecule has 3 fully saturated rings. The number of carbonyl (C=O) groups is 3. The largest absolute Gasteiger partial charge is 0.436 e. The van der Waals surface area contributed by atoms with Crippen LogP contribution in [-0.4, -0.2) is 115 Å². The molecule has 0 aliphatic carbocycles. The highest BCUT2D eigenvalue weighted by Crippen LogP contribution is 2.28. The van der Waals surface area contributed by atoms with Gasteiger partial charge in [-0.05, 0) is 87.0 Å². The molecule has 10 nitrogen and oxygen atoms in total. The molecule has 2 aromatic carbocycles. The smallest absolute Gasteiger partial charge is 0.410 e. The van der Waals surface area contributed by atoms with E-state index in [1.54, 1.807) is 17.0 Å². The van der Waals surface area contributed by atoms with Gasteiger partial charge >= 0.3 is 12.1 Å². The van der Waals surface area contributed by atoms with Gasteiger partial charge in [-0.25, -0.2) is 9.59 Å². The molecule has 0 spiro atoms. The minimum atomic E-state index is -1.000. The number of anilines is 1. The van der Waals surface area contributed by atoms with E-state index in [-0.39, 0.29) is 31.8 Å². The SMILES string of the molecule is C.Cc1c(Cl)cc(C[C@@H](OC(=O)N2CCC(N3CCc4ccccc4NC3=O)CC2)C(=O)N2CCN(C3CCNCC3)CC2)cc1Cl. The van der Waals surface area contributed by atoms with Crippen LogP contribution in [0.4, 0.5) is 15.3 Å². The number of amides is 4. The normalized spacial score (nSPS) is 20.5. The molecule has 2 aromatic rings. The molecule has 0 unspecified atom stereocenters. The Labute approximate surface area is 288 Å². The maximum Gasteiger partial charge on any atom is 0.410 e. The lowest BCUT2D eigenvalue weighted by atomic mass is 10.0. The third-order valence-corrected chi connectivity index (χ3v) is 10.8. The molecule has 2 N–H and O–H groups in total. The molecule has 47 heavy (non-hydrogen) atoms. The average Bonchev–Trinajstić information content (AvgIpc) is 3.25. The lowest BCUT2D eigenvalue weighted by Crippen LogP contribution is -2.56. The molecular formula is C35H48Cl2N6O4. The number of hydrogen-bond acceptors (Lipinski definition) is 6. The molecule has 0 aromatic heterocycles. The van der Waals surface area contributed by atoms with Gasteiger partial charge in [-0.1, -0.05) is 48.8 Å². The number of piperazine rings is 1. The molecule has 3 saturated heterocycles. The van der Waals surface area contributed by atoms with E-state index < -0.39 is 12.2 Å². The van der Waals surface area contributed by atoms with Crippen LogP contribution < -0.4 is 10.6 Å². The maximum absolute atomic E-state index is 13.9. The van der Waals surface area contributed by atoms with E-state index in [1.807, 2.05) is 41.0 Å². The van der Waals surface area contributed by atoms with Gasteiger partial charge < -0.3 is 30.1 Å². The molecule has 0 saturated carbocycles. The first kappa shape index (κ1) is 35.3. The summed E-state index contributed by atoms with van der Waals surface area (Å²) in [6.07, 6.45) is 2.97. The summed E-state index contributed by atoms with van der Waals surface area (Å²) in [6.45, 7) is 8.22. The molecule has 6 rings (SSSR count). The van der Waals surface area contributed by atoms with Crippen molar-refractivity contribution in [1.29, 1.82) is 0 Å². The van der Waals surface area contributed by atoms with Crippen LogP contribution in [0, 0.1) is 6.92 Å². The summed E-state index contributed by atoms with van der Waals surface area (Å²) in [6, 6.07) is 11.9. The van der Waals surface area contributed by atoms with Crippen molar-refractivity contribution >= 4 is 46.9 Å². The third-order valence-electron chi connectivity index (χ3n) is 10.0. The predicted octanol–water partition coefficient (Wildman–Crippen LogP) is 5.44. The number of nitrogens with zero attached hydrogens (tertiary/aromatic N) is 4. The number of likely N-dealkylation sites (tertiary alicyclic amines) is 1. The van der Waals surface area contributed by atoms with Gasteiger partial charge in [-0.2, -0.15) is 0 Å². The van der Waals surface area contributed by atoms with E-state index in [0.29, 0.717) is 61.7 Å². The van der Waals surface area contributed by atoms with Crippen LogP contribution in [0.2, 0.25) is 10.0 Å². The third kappa shape index (κ3) is 8.34. The Morgan fingerprint density at radius 1 is 0.894 bits per heavy atom. The van der Waals surface area contributed by atoms with Gasteiger partial charge in [0.15, 0.2) is 6.10 Å². The summed E-state index contributed by atoms with van der Waals surface area (Å²) < 4.78 is 6.02. The van der Waals surface area contributed by atoms with E-state index in [1.165, 1.54) is 0 Å². The van der Waals surface area contributed by atoms with Crippen LogP contribution in [0.3, 0.4) is 0 Å². The summed E-state index contributed by atoms with van der Waals surface area (Å²) in [4.78, 5) is 48.4. The first-order chi connectivity index (χ1) is 22.3. The fraction of sp³-hybridized carbons (Fsp3) is 0.571. The first-order valence-corrected chi connectivity index (χ1v) is 17.3. The maximum atomic E-state index is 13.9. The zero-order chi connectivity index (χ0) is 32.2. The molecule has 1 atom stereocenters. The second-order valence-corrected chi connectivity index (χ2v) is 13.7. The quantitative estimate of drug-likeness (QED) is 0.421. The lowest BCUT2D eigenvalue weighted by Gasteiger charge is -2.41. The van der Waals surface area contributed by atoms with E-state index in [2.05, 4.69) is 15.5 Å². The predicted molar refractivity (Wildman–Crippen MR) is 186 cm³/mol. The Bertz CT molecular complexity index is 1400. The summed E-state index contributed by atoms with van der Waals surface area (Å²) >= 11 is 12.9. The second kappa shape index (κ2) is 15.9. The number of urea groups is 1. The molecule has 256 valence electrons. The Morgan fingerprint density at radius 3 is 2.23 bits per heavy atom. The van der Waals surface area contributed by atoms with Crippen molar-refractivity contribution in [2.24, 2.45) is 0 Å². The molecule has 4 heterocycles. The number of halogens is 2. The van der Waals surface area contributed by atoms with Crippen molar-refractivity contribution in [3.8, 4) is 0 Å². The number of ether oxygens (including phenoxy) is 1. The Hall–Kier alpha value is -3.05. The van der Waals surface area contributed by atoms with Gasteiger partial charge in [0.1, 0.15) is 0 Å². The molecule has 4 aliphatic heterocycles. The minimum Gasteiger partial charge on any atom is -0.436 e. The van der Waals surface area contributed by atoms with Crippen LogP contribution in [0.15, 0.2) is 36.4 Å². The van der Waals surface area contributed by atoms with E-state index in [4.69, 9.17) is 27.9 Å². The van der Waals surface area contributed by atoms with Crippen LogP contribution in [-0.2, 0) is 22.4 Å². The number of nitrogens with one attached hydrogen (secondary N) is 2. The van der Waals surface area contributed by atoms with Gasteiger partial charge in [-0.3, -0.25) is 9.69 Å². The monoisotopic (exact) mass is 686 g/mol. The summed E-state index contributed by atoms with van der Waals surface area (Å²) in [5, 5.41) is 7.49. The number of fused-ring (bicyclic) bond motifs is 1. The van der Waals surface area contributed by atoms with Crippen molar-refractivity contribution < 1.29 is 19.1 Å².